The van der Waals surface area contributed by atoms with E-state index in [0.29, 0.717) is 15.9 Å². The lowest BCUT2D eigenvalue weighted by atomic mass is 10.2. The van der Waals surface area contributed by atoms with Crippen LogP contribution < -0.4 is 25.4 Å². The summed E-state index contributed by atoms with van der Waals surface area (Å²) >= 11 is 3.21. The number of amides is 3. The third-order valence-electron chi connectivity index (χ3n) is 3.96. The highest BCUT2D eigenvalue weighted by Crippen LogP contribution is 2.30. The van der Waals surface area contributed by atoms with Crippen molar-refractivity contribution in [3.63, 3.8) is 0 Å². The second-order valence-electron chi connectivity index (χ2n) is 6.15. The SMILES string of the molecule is CNC(=O)c1ncccc1Oc1ccc(NC(=O)Nc2cc(Br)ccc2OC(F)F)cc1. The van der Waals surface area contributed by atoms with Crippen molar-refractivity contribution in [1.29, 1.82) is 0 Å². The predicted molar refractivity (Wildman–Crippen MR) is 118 cm³/mol. The summed E-state index contributed by atoms with van der Waals surface area (Å²) in [6.07, 6.45) is 1.48. The maximum atomic E-state index is 12.6. The topological polar surface area (TPSA) is 102 Å². The van der Waals surface area contributed by atoms with Gasteiger partial charge in [-0.3, -0.25) is 4.79 Å². The molecule has 0 fully saturated rings. The number of alkyl halides is 2. The van der Waals surface area contributed by atoms with E-state index < -0.39 is 18.5 Å². The summed E-state index contributed by atoms with van der Waals surface area (Å²) in [5, 5.41) is 7.53. The molecule has 0 saturated heterocycles. The third kappa shape index (κ3) is 6.14. The molecule has 1 heterocycles. The zero-order valence-corrected chi connectivity index (χ0v) is 18.2. The van der Waals surface area contributed by atoms with Gasteiger partial charge in [0.15, 0.2) is 11.4 Å². The van der Waals surface area contributed by atoms with E-state index in [1.54, 1.807) is 36.4 Å². The van der Waals surface area contributed by atoms with Crippen molar-refractivity contribution in [2.24, 2.45) is 0 Å². The molecule has 0 radical (unpaired) electrons. The Morgan fingerprint density at radius 3 is 2.47 bits per heavy atom. The van der Waals surface area contributed by atoms with Gasteiger partial charge in [0.25, 0.3) is 5.91 Å². The third-order valence-corrected chi connectivity index (χ3v) is 4.45. The molecule has 3 N–H and O–H groups in total. The second-order valence-corrected chi connectivity index (χ2v) is 7.07. The van der Waals surface area contributed by atoms with Crippen LogP contribution in [-0.2, 0) is 0 Å². The number of aromatic nitrogens is 1. The van der Waals surface area contributed by atoms with Gasteiger partial charge >= 0.3 is 12.6 Å². The van der Waals surface area contributed by atoms with Crippen LogP contribution in [0.15, 0.2) is 65.3 Å². The minimum atomic E-state index is -3.03. The Kier molecular flexibility index (Phi) is 7.55. The first-order valence-corrected chi connectivity index (χ1v) is 9.92. The number of rotatable bonds is 7. The van der Waals surface area contributed by atoms with E-state index in [9.17, 15) is 18.4 Å². The van der Waals surface area contributed by atoms with Gasteiger partial charge in [-0.05, 0) is 54.6 Å². The molecule has 3 aromatic rings. The molecule has 0 unspecified atom stereocenters. The van der Waals surface area contributed by atoms with Crippen LogP contribution in [0.25, 0.3) is 0 Å². The number of urea groups is 1. The van der Waals surface area contributed by atoms with Crippen molar-refractivity contribution in [1.82, 2.24) is 10.3 Å². The maximum absolute atomic E-state index is 12.6. The maximum Gasteiger partial charge on any atom is 0.387 e. The number of carbonyl (C=O) groups is 2. The van der Waals surface area contributed by atoms with Crippen LogP contribution in [0.2, 0.25) is 0 Å². The number of hydrogen-bond acceptors (Lipinski definition) is 5. The second kappa shape index (κ2) is 10.5. The van der Waals surface area contributed by atoms with E-state index in [0.717, 1.165) is 0 Å². The Labute approximate surface area is 190 Å². The molecular weight excluding hydrogens is 490 g/mol. The number of pyridine rings is 1. The first-order valence-electron chi connectivity index (χ1n) is 9.13. The number of ether oxygens (including phenoxy) is 2. The molecule has 2 aromatic carbocycles. The molecule has 0 aliphatic heterocycles. The largest absolute Gasteiger partial charge is 0.455 e. The van der Waals surface area contributed by atoms with Crippen LogP contribution in [0.1, 0.15) is 10.5 Å². The fourth-order valence-corrected chi connectivity index (χ4v) is 2.94. The smallest absolute Gasteiger partial charge is 0.387 e. The number of benzene rings is 2. The summed E-state index contributed by atoms with van der Waals surface area (Å²) in [6, 6.07) is 13.1. The molecule has 0 aliphatic carbocycles. The molecule has 3 amide bonds. The molecule has 166 valence electrons. The molecule has 0 bridgehead atoms. The van der Waals surface area contributed by atoms with Crippen molar-refractivity contribution in [3.05, 3.63) is 71.0 Å². The monoisotopic (exact) mass is 506 g/mol. The first-order chi connectivity index (χ1) is 15.4. The van der Waals surface area contributed by atoms with Gasteiger partial charge in [-0.2, -0.15) is 8.78 Å². The highest BCUT2D eigenvalue weighted by atomic mass is 79.9. The molecule has 0 aliphatic rings. The first kappa shape index (κ1) is 22.9. The van der Waals surface area contributed by atoms with Crippen molar-refractivity contribution < 1.29 is 27.8 Å². The minimum Gasteiger partial charge on any atom is -0.455 e. The normalized spacial score (nSPS) is 10.4. The lowest BCUT2D eigenvalue weighted by molar-refractivity contribution is -0.0493. The quantitative estimate of drug-likeness (QED) is 0.406. The van der Waals surface area contributed by atoms with Crippen molar-refractivity contribution in [2.45, 2.75) is 6.61 Å². The molecule has 8 nitrogen and oxygen atoms in total. The average molecular weight is 507 g/mol. The molecule has 0 atom stereocenters. The van der Waals surface area contributed by atoms with E-state index >= 15 is 0 Å². The van der Waals surface area contributed by atoms with Gasteiger partial charge in [-0.15, -0.1) is 0 Å². The van der Waals surface area contributed by atoms with Crippen molar-refractivity contribution in [2.75, 3.05) is 17.7 Å². The van der Waals surface area contributed by atoms with Gasteiger partial charge in [0.05, 0.1) is 5.69 Å². The van der Waals surface area contributed by atoms with Crippen molar-refractivity contribution >= 4 is 39.2 Å². The molecule has 1 aromatic heterocycles. The van der Waals surface area contributed by atoms with E-state index in [-0.39, 0.29) is 22.9 Å². The van der Waals surface area contributed by atoms with Crippen LogP contribution in [0, 0.1) is 0 Å². The summed E-state index contributed by atoms with van der Waals surface area (Å²) in [5.41, 5.74) is 0.613. The van der Waals surface area contributed by atoms with E-state index in [1.165, 1.54) is 31.4 Å². The molecule has 11 heteroatoms. The van der Waals surface area contributed by atoms with Crippen LogP contribution in [-0.4, -0.2) is 30.6 Å². The Morgan fingerprint density at radius 1 is 1.03 bits per heavy atom. The number of anilines is 2. The fourth-order valence-electron chi connectivity index (χ4n) is 2.58. The van der Waals surface area contributed by atoms with Gasteiger partial charge in [-0.1, -0.05) is 15.9 Å². The van der Waals surface area contributed by atoms with Crippen LogP contribution in [0.3, 0.4) is 0 Å². The Balaban J connectivity index is 1.66. The zero-order chi connectivity index (χ0) is 23.1. The van der Waals surface area contributed by atoms with E-state index in [1.807, 2.05) is 0 Å². The Bertz CT molecular complexity index is 1110. The molecule has 3 rings (SSSR count). The van der Waals surface area contributed by atoms with Crippen LogP contribution in [0.5, 0.6) is 17.2 Å². The van der Waals surface area contributed by atoms with Crippen molar-refractivity contribution in [3.8, 4) is 17.2 Å². The highest BCUT2D eigenvalue weighted by molar-refractivity contribution is 9.10. The Morgan fingerprint density at radius 2 is 1.78 bits per heavy atom. The summed E-state index contributed by atoms with van der Waals surface area (Å²) in [4.78, 5) is 28.2. The predicted octanol–water partition coefficient (Wildman–Crippen LogP) is 5.24. The standard InChI is InChI=1S/C21H17BrF2N4O4/c1-25-19(29)18-17(3-2-10-26-18)31-14-7-5-13(6-8-14)27-21(30)28-15-11-12(22)4-9-16(15)32-20(23)24/h2-11,20H,1H3,(H,25,29)(H2,27,28,30). The number of halogens is 3. The minimum absolute atomic E-state index is 0.0652. The highest BCUT2D eigenvalue weighted by Gasteiger charge is 2.14. The number of hydrogen-bond donors (Lipinski definition) is 3. The van der Waals surface area contributed by atoms with Crippen LogP contribution in [0.4, 0.5) is 25.0 Å². The molecule has 0 saturated carbocycles. The summed E-state index contributed by atoms with van der Waals surface area (Å²) < 4.78 is 35.8. The molecule has 32 heavy (non-hydrogen) atoms. The lowest BCUT2D eigenvalue weighted by Gasteiger charge is -2.13. The summed E-state index contributed by atoms with van der Waals surface area (Å²) in [7, 11) is 1.49. The van der Waals surface area contributed by atoms with E-state index in [2.05, 4.69) is 41.6 Å². The van der Waals surface area contributed by atoms with Gasteiger partial charge in [0, 0.05) is 23.4 Å². The number of nitrogens with one attached hydrogen (secondary N) is 3. The molecule has 0 spiro atoms. The van der Waals surface area contributed by atoms with Gasteiger partial charge in [-0.25, -0.2) is 9.78 Å². The lowest BCUT2D eigenvalue weighted by Crippen LogP contribution is -2.20. The molecular formula is C21H17BrF2N4O4. The number of nitrogens with zero attached hydrogens (tertiary/aromatic N) is 1. The summed E-state index contributed by atoms with van der Waals surface area (Å²) in [6.45, 7) is -3.03. The van der Waals surface area contributed by atoms with E-state index in [4.69, 9.17) is 4.74 Å². The Hall–Kier alpha value is -3.73. The number of carbonyl (C=O) groups excluding carboxylic acids is 2. The summed E-state index contributed by atoms with van der Waals surface area (Å²) in [5.74, 6) is 0.115. The fraction of sp³-hybridized carbons (Fsp3) is 0.0952. The van der Waals surface area contributed by atoms with Gasteiger partial charge in [0.2, 0.25) is 0 Å². The van der Waals surface area contributed by atoms with Gasteiger partial charge in [0.1, 0.15) is 11.5 Å². The zero-order valence-electron chi connectivity index (χ0n) is 16.6. The average Bonchev–Trinajstić information content (AvgIpc) is 2.76. The van der Waals surface area contributed by atoms with Crippen LogP contribution >= 0.6 is 15.9 Å². The van der Waals surface area contributed by atoms with Gasteiger partial charge < -0.3 is 25.4 Å².